The molecule has 2 aromatic rings. The lowest BCUT2D eigenvalue weighted by Crippen LogP contribution is -2.21. The van der Waals surface area contributed by atoms with Gasteiger partial charge in [0, 0.05) is 10.4 Å². The molecule has 0 atom stereocenters. The topological polar surface area (TPSA) is 81.4 Å². The Morgan fingerprint density at radius 2 is 2.04 bits per heavy atom. The zero-order valence-corrected chi connectivity index (χ0v) is 15.6. The van der Waals surface area contributed by atoms with Crippen molar-refractivity contribution in [2.45, 2.75) is 33.6 Å². The van der Waals surface area contributed by atoms with E-state index >= 15 is 0 Å². The van der Waals surface area contributed by atoms with E-state index in [9.17, 15) is 9.59 Å². The van der Waals surface area contributed by atoms with E-state index in [1.54, 1.807) is 13.0 Å². The van der Waals surface area contributed by atoms with Crippen LogP contribution in [0.15, 0.2) is 27.2 Å². The van der Waals surface area contributed by atoms with Crippen LogP contribution in [0.3, 0.4) is 0 Å². The zero-order valence-electron chi connectivity index (χ0n) is 14.0. The Morgan fingerprint density at radius 1 is 1.33 bits per heavy atom. The van der Waals surface area contributed by atoms with E-state index in [1.165, 1.54) is 0 Å². The molecule has 24 heavy (non-hydrogen) atoms. The Hall–Kier alpha value is -2.15. The summed E-state index contributed by atoms with van der Waals surface area (Å²) >= 11 is 3.38. The molecule has 1 N–H and O–H groups in total. The van der Waals surface area contributed by atoms with Gasteiger partial charge in [0.2, 0.25) is 0 Å². The van der Waals surface area contributed by atoms with Gasteiger partial charge in [-0.2, -0.15) is 0 Å². The van der Waals surface area contributed by atoms with Crippen LogP contribution in [0.25, 0.3) is 0 Å². The van der Waals surface area contributed by atoms with Crippen LogP contribution in [-0.4, -0.2) is 23.6 Å². The second-order valence-electron chi connectivity index (χ2n) is 5.77. The first-order valence-electron chi connectivity index (χ1n) is 7.49. The van der Waals surface area contributed by atoms with Crippen LogP contribution < -0.4 is 5.32 Å². The number of halogens is 1. The maximum absolute atomic E-state index is 12.2. The average Bonchev–Trinajstić information content (AvgIpc) is 2.90. The fraction of sp³-hybridized carbons (Fsp3) is 0.353. The number of carbonyl (C=O) groups excluding carboxylic acids is 2. The molecule has 0 aliphatic rings. The maximum atomic E-state index is 12.2. The lowest BCUT2D eigenvalue weighted by atomic mass is 10.1. The van der Waals surface area contributed by atoms with Gasteiger partial charge in [0.15, 0.2) is 12.4 Å². The van der Waals surface area contributed by atoms with Gasteiger partial charge in [-0.15, -0.1) is 0 Å². The number of benzene rings is 1. The number of aryl methyl sites for hydroxylation is 2. The Labute approximate surface area is 148 Å². The van der Waals surface area contributed by atoms with Gasteiger partial charge in [0.25, 0.3) is 5.91 Å². The van der Waals surface area contributed by atoms with Gasteiger partial charge in [0.05, 0.1) is 11.4 Å². The molecule has 128 valence electrons. The van der Waals surface area contributed by atoms with Crippen LogP contribution in [-0.2, 0) is 9.53 Å². The highest BCUT2D eigenvalue weighted by Gasteiger charge is 2.24. The summed E-state index contributed by atoms with van der Waals surface area (Å²) in [6, 6.07) is 5.54. The number of nitrogens with zero attached hydrogens (tertiary/aromatic N) is 1. The zero-order chi connectivity index (χ0) is 17.9. The minimum Gasteiger partial charge on any atom is -0.452 e. The molecule has 0 saturated heterocycles. The molecule has 7 heteroatoms. The van der Waals surface area contributed by atoms with Crippen LogP contribution in [0.5, 0.6) is 0 Å². The molecular formula is C17H19BrN2O4. The van der Waals surface area contributed by atoms with E-state index in [0.717, 1.165) is 10.0 Å². The van der Waals surface area contributed by atoms with Gasteiger partial charge in [-0.3, -0.25) is 4.79 Å². The van der Waals surface area contributed by atoms with Crippen molar-refractivity contribution in [2.24, 2.45) is 0 Å². The SMILES string of the molecule is Cc1ccc(NC(=O)COC(=O)c2c(C)noc2C(C)C)c(Br)c1. The van der Waals surface area contributed by atoms with Crippen molar-refractivity contribution in [3.63, 3.8) is 0 Å². The summed E-state index contributed by atoms with van der Waals surface area (Å²) in [6.45, 7) is 7.00. The van der Waals surface area contributed by atoms with Crippen molar-refractivity contribution in [1.82, 2.24) is 5.16 Å². The molecule has 0 spiro atoms. The average molecular weight is 395 g/mol. The largest absolute Gasteiger partial charge is 0.452 e. The quantitative estimate of drug-likeness (QED) is 0.775. The highest BCUT2D eigenvalue weighted by molar-refractivity contribution is 9.10. The van der Waals surface area contributed by atoms with Crippen LogP contribution in [0.2, 0.25) is 0 Å². The molecule has 0 saturated carbocycles. The third-order valence-corrected chi connectivity index (χ3v) is 4.01. The smallest absolute Gasteiger partial charge is 0.344 e. The standard InChI is InChI=1S/C17H19BrN2O4/c1-9(2)16-15(11(4)20-24-16)17(22)23-8-14(21)19-13-6-5-10(3)7-12(13)18/h5-7,9H,8H2,1-4H3,(H,19,21). The highest BCUT2D eigenvalue weighted by atomic mass is 79.9. The molecule has 2 rings (SSSR count). The minimum atomic E-state index is -0.615. The molecule has 1 aromatic carbocycles. The normalized spacial score (nSPS) is 10.8. The number of anilines is 1. The molecule has 1 heterocycles. The molecule has 0 aliphatic carbocycles. The van der Waals surface area contributed by atoms with Crippen LogP contribution in [0.4, 0.5) is 5.69 Å². The summed E-state index contributed by atoms with van der Waals surface area (Å²) in [5, 5.41) is 6.48. The van der Waals surface area contributed by atoms with Crippen molar-refractivity contribution in [3.8, 4) is 0 Å². The number of rotatable bonds is 5. The first-order valence-corrected chi connectivity index (χ1v) is 8.28. The molecular weight excluding hydrogens is 376 g/mol. The second-order valence-corrected chi connectivity index (χ2v) is 6.62. The summed E-state index contributed by atoms with van der Waals surface area (Å²) in [5.41, 5.74) is 2.42. The summed E-state index contributed by atoms with van der Waals surface area (Å²) in [6.07, 6.45) is 0. The number of ether oxygens (including phenoxy) is 1. The van der Waals surface area contributed by atoms with Gasteiger partial charge in [0.1, 0.15) is 5.56 Å². The molecule has 0 bridgehead atoms. The van der Waals surface area contributed by atoms with Crippen LogP contribution in [0, 0.1) is 13.8 Å². The number of hydrogen-bond donors (Lipinski definition) is 1. The van der Waals surface area contributed by atoms with Gasteiger partial charge in [-0.05, 0) is 47.5 Å². The van der Waals surface area contributed by atoms with Gasteiger partial charge in [-0.25, -0.2) is 4.79 Å². The first kappa shape index (κ1) is 18.2. The van der Waals surface area contributed by atoms with E-state index in [0.29, 0.717) is 17.1 Å². The Bertz CT molecular complexity index is 768. The van der Waals surface area contributed by atoms with E-state index in [2.05, 4.69) is 26.4 Å². The Balaban J connectivity index is 1.99. The summed E-state index contributed by atoms with van der Waals surface area (Å²) in [5.74, 6) is -0.589. The fourth-order valence-electron chi connectivity index (χ4n) is 2.14. The number of amides is 1. The molecule has 1 aromatic heterocycles. The molecule has 0 radical (unpaired) electrons. The number of nitrogens with one attached hydrogen (secondary N) is 1. The lowest BCUT2D eigenvalue weighted by Gasteiger charge is -2.09. The minimum absolute atomic E-state index is 0.00825. The van der Waals surface area contributed by atoms with Crippen LogP contribution >= 0.6 is 15.9 Å². The van der Waals surface area contributed by atoms with Crippen LogP contribution in [0.1, 0.15) is 47.1 Å². The maximum Gasteiger partial charge on any atom is 0.344 e. The molecule has 0 unspecified atom stereocenters. The van der Waals surface area contributed by atoms with Gasteiger partial charge < -0.3 is 14.6 Å². The monoisotopic (exact) mass is 394 g/mol. The molecule has 6 nitrogen and oxygen atoms in total. The van der Waals surface area contributed by atoms with Crippen molar-refractivity contribution in [3.05, 3.63) is 45.3 Å². The summed E-state index contributed by atoms with van der Waals surface area (Å²) < 4.78 is 11.0. The van der Waals surface area contributed by atoms with Gasteiger partial charge >= 0.3 is 5.97 Å². The Kier molecular flexibility index (Phi) is 5.77. The van der Waals surface area contributed by atoms with E-state index < -0.39 is 11.9 Å². The number of hydrogen-bond acceptors (Lipinski definition) is 5. The van der Waals surface area contributed by atoms with Gasteiger partial charge in [-0.1, -0.05) is 25.1 Å². The molecule has 0 aliphatic heterocycles. The summed E-state index contributed by atoms with van der Waals surface area (Å²) in [4.78, 5) is 24.2. The highest BCUT2D eigenvalue weighted by Crippen LogP contribution is 2.24. The van der Waals surface area contributed by atoms with Crippen molar-refractivity contribution in [2.75, 3.05) is 11.9 Å². The lowest BCUT2D eigenvalue weighted by molar-refractivity contribution is -0.119. The Morgan fingerprint density at radius 3 is 2.67 bits per heavy atom. The number of carbonyl (C=O) groups is 2. The van der Waals surface area contributed by atoms with E-state index in [4.69, 9.17) is 9.26 Å². The molecule has 1 amide bonds. The number of aromatic nitrogens is 1. The van der Waals surface area contributed by atoms with E-state index in [1.807, 2.05) is 32.9 Å². The summed E-state index contributed by atoms with van der Waals surface area (Å²) in [7, 11) is 0. The third kappa shape index (κ3) is 4.23. The first-order chi connectivity index (χ1) is 11.3. The van der Waals surface area contributed by atoms with Crippen molar-refractivity contribution in [1.29, 1.82) is 0 Å². The van der Waals surface area contributed by atoms with E-state index in [-0.39, 0.29) is 18.1 Å². The molecule has 0 fully saturated rings. The predicted octanol–water partition coefficient (Wildman–Crippen LogP) is 3.97. The third-order valence-electron chi connectivity index (χ3n) is 3.35. The predicted molar refractivity (Wildman–Crippen MR) is 93.1 cm³/mol. The number of esters is 1. The van der Waals surface area contributed by atoms with Crippen molar-refractivity contribution < 1.29 is 18.8 Å². The second kappa shape index (κ2) is 7.61. The van der Waals surface area contributed by atoms with Crippen molar-refractivity contribution >= 4 is 33.5 Å². The fourth-order valence-corrected chi connectivity index (χ4v) is 2.73.